The maximum atomic E-state index is 12.5. The van der Waals surface area contributed by atoms with E-state index < -0.39 is 10.0 Å². The molecule has 0 atom stereocenters. The number of nitrogens with zero attached hydrogens (tertiary/aromatic N) is 5. The lowest BCUT2D eigenvalue weighted by Crippen LogP contribution is -2.14. The lowest BCUT2D eigenvalue weighted by Gasteiger charge is -2.10. The summed E-state index contributed by atoms with van der Waals surface area (Å²) in [6, 6.07) is 15.3. The third-order valence-corrected chi connectivity index (χ3v) is 5.73. The molecule has 0 saturated heterocycles. The van der Waals surface area contributed by atoms with Crippen molar-refractivity contribution in [3.8, 4) is 11.3 Å². The molecule has 9 nitrogen and oxygen atoms in total. The van der Waals surface area contributed by atoms with Gasteiger partial charge in [-0.3, -0.25) is 9.40 Å². The lowest BCUT2D eigenvalue weighted by molar-refractivity contribution is 0.600. The van der Waals surface area contributed by atoms with Crippen LogP contribution in [0.3, 0.4) is 0 Å². The highest BCUT2D eigenvalue weighted by Gasteiger charge is 2.13. The van der Waals surface area contributed by atoms with Crippen molar-refractivity contribution in [1.82, 2.24) is 19.7 Å². The van der Waals surface area contributed by atoms with Crippen molar-refractivity contribution in [2.75, 3.05) is 10.0 Å². The molecular formula is C22H19N7O2S. The van der Waals surface area contributed by atoms with E-state index in [2.05, 4.69) is 30.0 Å². The summed E-state index contributed by atoms with van der Waals surface area (Å²) in [5, 5.41) is 7.19. The molecule has 0 aliphatic rings. The van der Waals surface area contributed by atoms with Crippen LogP contribution in [0.2, 0.25) is 0 Å². The van der Waals surface area contributed by atoms with Gasteiger partial charge >= 0.3 is 0 Å². The summed E-state index contributed by atoms with van der Waals surface area (Å²) in [7, 11) is -1.80. The minimum atomic E-state index is -3.63. The Bertz CT molecular complexity index is 1390. The summed E-state index contributed by atoms with van der Waals surface area (Å²) in [6.07, 6.45) is 5.14. The summed E-state index contributed by atoms with van der Waals surface area (Å²) >= 11 is 0. The van der Waals surface area contributed by atoms with Crippen molar-refractivity contribution < 1.29 is 8.42 Å². The fourth-order valence-electron chi connectivity index (χ4n) is 3.05. The largest absolute Gasteiger partial charge is 0.321 e. The van der Waals surface area contributed by atoms with Crippen LogP contribution in [0.15, 0.2) is 73.2 Å². The second-order valence-corrected chi connectivity index (χ2v) is 8.74. The number of hydrogen-bond donors (Lipinski definition) is 2. The van der Waals surface area contributed by atoms with Gasteiger partial charge in [0.2, 0.25) is 16.0 Å². The van der Waals surface area contributed by atoms with Gasteiger partial charge in [0.1, 0.15) is 0 Å². The number of aromatic nitrogens is 4. The van der Waals surface area contributed by atoms with E-state index in [1.165, 1.54) is 0 Å². The number of hydrogen-bond acceptors (Lipinski definition) is 6. The van der Waals surface area contributed by atoms with E-state index in [0.717, 1.165) is 11.3 Å². The van der Waals surface area contributed by atoms with E-state index >= 15 is 0 Å². The summed E-state index contributed by atoms with van der Waals surface area (Å²) in [4.78, 5) is 12.1. The van der Waals surface area contributed by atoms with E-state index in [1.54, 1.807) is 71.7 Å². The third-order valence-electron chi connectivity index (χ3n) is 4.47. The van der Waals surface area contributed by atoms with Crippen molar-refractivity contribution in [2.24, 2.45) is 7.05 Å². The molecule has 2 aromatic heterocycles. The molecule has 0 aliphatic carbocycles. The molecule has 0 saturated carbocycles. The van der Waals surface area contributed by atoms with Crippen LogP contribution in [0.25, 0.3) is 16.1 Å². The molecule has 32 heavy (non-hydrogen) atoms. The van der Waals surface area contributed by atoms with Crippen molar-refractivity contribution in [3.05, 3.63) is 90.2 Å². The molecule has 2 heterocycles. The van der Waals surface area contributed by atoms with Gasteiger partial charge in [-0.1, -0.05) is 36.4 Å². The normalized spacial score (nSPS) is 11.0. The summed E-state index contributed by atoms with van der Waals surface area (Å²) in [6.45, 7) is 7.06. The van der Waals surface area contributed by atoms with Crippen LogP contribution in [0, 0.1) is 6.57 Å². The average Bonchev–Trinajstić information content (AvgIpc) is 3.18. The maximum Gasteiger partial charge on any atom is 0.236 e. The van der Waals surface area contributed by atoms with Crippen molar-refractivity contribution in [2.45, 2.75) is 5.75 Å². The zero-order valence-electron chi connectivity index (χ0n) is 17.1. The Morgan fingerprint density at radius 1 is 1.09 bits per heavy atom. The van der Waals surface area contributed by atoms with Crippen molar-refractivity contribution in [1.29, 1.82) is 0 Å². The fraction of sp³-hybridized carbons (Fsp3) is 0.0909. The van der Waals surface area contributed by atoms with E-state index in [1.807, 2.05) is 13.2 Å². The highest BCUT2D eigenvalue weighted by atomic mass is 32.2. The first-order valence-corrected chi connectivity index (χ1v) is 11.2. The van der Waals surface area contributed by atoms with Gasteiger partial charge in [0.05, 0.1) is 29.9 Å². The Morgan fingerprint density at radius 2 is 1.91 bits per heavy atom. The van der Waals surface area contributed by atoms with Gasteiger partial charge in [-0.2, -0.15) is 5.10 Å². The zero-order valence-corrected chi connectivity index (χ0v) is 17.9. The van der Waals surface area contributed by atoms with Crippen LogP contribution in [-0.2, 0) is 22.8 Å². The maximum absolute atomic E-state index is 12.5. The Kier molecular flexibility index (Phi) is 5.83. The molecule has 4 rings (SSSR count). The predicted molar refractivity (Wildman–Crippen MR) is 123 cm³/mol. The summed E-state index contributed by atoms with van der Waals surface area (Å²) in [5.74, 6) is 0.217. The highest BCUT2D eigenvalue weighted by Crippen LogP contribution is 2.23. The van der Waals surface area contributed by atoms with E-state index in [-0.39, 0.29) is 5.75 Å². The van der Waals surface area contributed by atoms with Crippen LogP contribution in [0.1, 0.15) is 5.56 Å². The SMILES string of the molecule is [C-]#[N+]c1cccc(CS(=O)(=O)Nc2ccc(-c3ccnc(Nc4cnn(C)c4)n3)cc2)c1. The van der Waals surface area contributed by atoms with Crippen LogP contribution in [-0.4, -0.2) is 28.2 Å². The summed E-state index contributed by atoms with van der Waals surface area (Å²) < 4.78 is 29.3. The Morgan fingerprint density at radius 3 is 2.62 bits per heavy atom. The first-order valence-electron chi connectivity index (χ1n) is 9.56. The van der Waals surface area contributed by atoms with Crippen molar-refractivity contribution >= 4 is 33.0 Å². The van der Waals surface area contributed by atoms with Gasteiger partial charge in [-0.25, -0.2) is 23.2 Å². The molecule has 2 aromatic carbocycles. The lowest BCUT2D eigenvalue weighted by atomic mass is 10.1. The minimum absolute atomic E-state index is 0.215. The molecule has 0 radical (unpaired) electrons. The molecule has 0 spiro atoms. The second kappa shape index (κ2) is 8.87. The molecular weight excluding hydrogens is 426 g/mol. The zero-order chi connectivity index (χ0) is 22.6. The van der Waals surface area contributed by atoms with E-state index in [4.69, 9.17) is 6.57 Å². The van der Waals surface area contributed by atoms with Crippen molar-refractivity contribution in [3.63, 3.8) is 0 Å². The van der Waals surface area contributed by atoms with Crippen LogP contribution in [0.5, 0.6) is 0 Å². The summed E-state index contributed by atoms with van der Waals surface area (Å²) in [5.41, 5.74) is 3.68. The number of rotatable bonds is 7. The van der Waals surface area contributed by atoms with Gasteiger partial charge in [0.25, 0.3) is 0 Å². The van der Waals surface area contributed by atoms with E-state index in [9.17, 15) is 8.42 Å². The topological polar surface area (TPSA) is 106 Å². The average molecular weight is 446 g/mol. The fourth-order valence-corrected chi connectivity index (χ4v) is 4.24. The third kappa shape index (κ3) is 5.27. The van der Waals surface area contributed by atoms with Crippen LogP contribution < -0.4 is 10.0 Å². The number of benzene rings is 2. The Balaban J connectivity index is 1.46. The molecule has 0 aliphatic heterocycles. The second-order valence-electron chi connectivity index (χ2n) is 7.01. The molecule has 0 amide bonds. The first kappa shape index (κ1) is 21.0. The Labute approximate surface area is 185 Å². The van der Waals surface area contributed by atoms with Crippen LogP contribution >= 0.6 is 0 Å². The number of sulfonamides is 1. The molecule has 160 valence electrons. The monoisotopic (exact) mass is 445 g/mol. The highest BCUT2D eigenvalue weighted by molar-refractivity contribution is 7.91. The molecule has 10 heteroatoms. The minimum Gasteiger partial charge on any atom is -0.321 e. The smallest absolute Gasteiger partial charge is 0.236 e. The van der Waals surface area contributed by atoms with Gasteiger partial charge in [0.15, 0.2) is 5.69 Å². The molecule has 0 unspecified atom stereocenters. The molecule has 2 N–H and O–H groups in total. The molecule has 0 fully saturated rings. The number of aryl methyl sites for hydroxylation is 1. The first-order chi connectivity index (χ1) is 15.4. The predicted octanol–water partition coefficient (Wildman–Crippen LogP) is 4.11. The quantitative estimate of drug-likeness (QED) is 0.415. The van der Waals surface area contributed by atoms with Gasteiger partial charge in [-0.15, -0.1) is 0 Å². The Hall–Kier alpha value is -4.23. The number of nitrogens with one attached hydrogen (secondary N) is 2. The molecule has 0 bridgehead atoms. The van der Waals surface area contributed by atoms with Gasteiger partial charge < -0.3 is 5.32 Å². The number of anilines is 3. The van der Waals surface area contributed by atoms with E-state index in [0.29, 0.717) is 28.6 Å². The van der Waals surface area contributed by atoms with Crippen LogP contribution in [0.4, 0.5) is 23.0 Å². The molecule has 4 aromatic rings. The van der Waals surface area contributed by atoms with Gasteiger partial charge in [0, 0.05) is 30.7 Å². The standard InChI is InChI=1S/C22H19N7O2S/c1-23-19-5-3-4-16(12-19)15-32(30,31)28-18-8-6-17(7-9-18)21-10-11-24-22(27-21)26-20-13-25-29(2)14-20/h3-14,28H,15H2,2H3,(H,24,26,27). The van der Waals surface area contributed by atoms with Gasteiger partial charge in [-0.05, 0) is 23.8 Å².